The quantitative estimate of drug-likeness (QED) is 0.710. The highest BCUT2D eigenvalue weighted by Crippen LogP contribution is 2.13. The summed E-state index contributed by atoms with van der Waals surface area (Å²) in [7, 11) is 0. The first-order chi connectivity index (χ1) is 3.81. The summed E-state index contributed by atoms with van der Waals surface area (Å²) in [6.45, 7) is 0. The fourth-order valence-corrected chi connectivity index (χ4v) is 1.14. The molecule has 1 nitrogen and oxygen atoms in total. The van der Waals surface area contributed by atoms with Crippen LogP contribution in [0, 0.1) is 10.7 Å². The first-order valence-corrected chi connectivity index (χ1v) is 4.46. The second-order valence-corrected chi connectivity index (χ2v) is 3.17. The van der Waals surface area contributed by atoms with Gasteiger partial charge in [-0.3, -0.25) is 0 Å². The van der Waals surface area contributed by atoms with Crippen LogP contribution in [0.3, 0.4) is 0 Å². The zero-order valence-corrected chi connectivity index (χ0v) is 7.88. The van der Waals surface area contributed by atoms with Crippen molar-refractivity contribution in [1.29, 1.82) is 5.26 Å². The molecule has 0 fully saturated rings. The highest BCUT2D eigenvalue weighted by molar-refractivity contribution is 9.14. The van der Waals surface area contributed by atoms with Crippen LogP contribution in [0.2, 0.25) is 0 Å². The van der Waals surface area contributed by atoms with Gasteiger partial charge in [0.1, 0.15) is 5.40 Å². The second kappa shape index (κ2) is 5.67. The van der Waals surface area contributed by atoms with E-state index in [2.05, 4.69) is 31.9 Å². The molecule has 0 saturated heterocycles. The van der Waals surface area contributed by atoms with Crippen molar-refractivity contribution < 1.29 is 0 Å². The predicted octanol–water partition coefficient (Wildman–Crippen LogP) is 2.83. The summed E-state index contributed by atoms with van der Waals surface area (Å²) < 4.78 is 0.990. The van der Waals surface area contributed by atoms with Crippen LogP contribution < -0.4 is 0 Å². The normalized spacial score (nSPS) is 10.9. The second-order valence-electron chi connectivity index (χ2n) is 0.936. The molecule has 0 amide bonds. The van der Waals surface area contributed by atoms with Gasteiger partial charge in [-0.25, -0.2) is 0 Å². The first kappa shape index (κ1) is 8.54. The third-order valence-electron chi connectivity index (χ3n) is 0.393. The zero-order chi connectivity index (χ0) is 6.41. The van der Waals surface area contributed by atoms with Crippen molar-refractivity contribution in [3.8, 4) is 5.40 Å². The number of thiocyanates is 1. The Morgan fingerprint density at radius 3 is 2.88 bits per heavy atom. The summed E-state index contributed by atoms with van der Waals surface area (Å²) >= 11 is 7.53. The Morgan fingerprint density at radius 2 is 2.50 bits per heavy atom. The molecule has 0 aromatic heterocycles. The highest BCUT2D eigenvalue weighted by atomic mass is 79.9. The Labute approximate surface area is 69.4 Å². The first-order valence-electron chi connectivity index (χ1n) is 1.77. The molecule has 0 atom stereocenters. The molecule has 44 valence electrons. The van der Waals surface area contributed by atoms with Crippen LogP contribution in [-0.2, 0) is 0 Å². The number of halogens is 2. The lowest BCUT2D eigenvalue weighted by molar-refractivity contribution is 1.56. The van der Waals surface area contributed by atoms with Crippen LogP contribution in [0.1, 0.15) is 0 Å². The lowest BCUT2D eigenvalue weighted by Gasteiger charge is -1.85. The van der Waals surface area contributed by atoms with E-state index in [1.165, 1.54) is 11.8 Å². The minimum atomic E-state index is 0.710. The Morgan fingerprint density at radius 1 is 1.88 bits per heavy atom. The van der Waals surface area contributed by atoms with Crippen molar-refractivity contribution in [2.45, 2.75) is 0 Å². The van der Waals surface area contributed by atoms with Gasteiger partial charge in [-0.2, -0.15) is 5.26 Å². The molecule has 0 aromatic carbocycles. The Bertz CT molecular complexity index is 126. The molecule has 0 saturated carbocycles. The van der Waals surface area contributed by atoms with Gasteiger partial charge in [0.2, 0.25) is 0 Å². The van der Waals surface area contributed by atoms with Gasteiger partial charge in [-0.05, 0) is 16.7 Å². The van der Waals surface area contributed by atoms with Crippen molar-refractivity contribution >= 4 is 43.6 Å². The van der Waals surface area contributed by atoms with Crippen LogP contribution >= 0.6 is 43.6 Å². The van der Waals surface area contributed by atoms with E-state index < -0.39 is 0 Å². The van der Waals surface area contributed by atoms with E-state index in [1.54, 1.807) is 4.99 Å². The Balaban J connectivity index is 3.29. The van der Waals surface area contributed by atoms with E-state index in [0.717, 1.165) is 4.48 Å². The molecule has 0 aliphatic carbocycles. The van der Waals surface area contributed by atoms with E-state index in [1.807, 2.05) is 5.40 Å². The molecular weight excluding hydrogens is 254 g/mol. The van der Waals surface area contributed by atoms with Crippen molar-refractivity contribution in [1.82, 2.24) is 0 Å². The molecule has 0 bridgehead atoms. The minimum absolute atomic E-state index is 0.710. The van der Waals surface area contributed by atoms with E-state index in [4.69, 9.17) is 5.26 Å². The number of nitriles is 1. The van der Waals surface area contributed by atoms with Gasteiger partial charge in [0.25, 0.3) is 0 Å². The topological polar surface area (TPSA) is 23.8 Å². The van der Waals surface area contributed by atoms with Crippen molar-refractivity contribution in [2.75, 3.05) is 5.75 Å². The van der Waals surface area contributed by atoms with Crippen molar-refractivity contribution in [3.63, 3.8) is 0 Å². The maximum absolute atomic E-state index is 8.06. The molecule has 0 heterocycles. The molecule has 8 heavy (non-hydrogen) atoms. The van der Waals surface area contributed by atoms with Gasteiger partial charge < -0.3 is 0 Å². The predicted molar refractivity (Wildman–Crippen MR) is 44.0 cm³/mol. The van der Waals surface area contributed by atoms with Crippen molar-refractivity contribution in [2.24, 2.45) is 0 Å². The molecule has 0 radical (unpaired) electrons. The summed E-state index contributed by atoms with van der Waals surface area (Å²) in [5.41, 5.74) is 0. The largest absolute Gasteiger partial charge is 0.185 e. The molecule has 0 unspecified atom stereocenters. The van der Waals surface area contributed by atoms with Gasteiger partial charge in [0, 0.05) is 10.2 Å². The molecule has 0 aliphatic rings. The van der Waals surface area contributed by atoms with Crippen LogP contribution in [0.5, 0.6) is 0 Å². The molecular formula is C4H3Br2NS. The average molecular weight is 257 g/mol. The lowest BCUT2D eigenvalue weighted by atomic mass is 10.8. The highest BCUT2D eigenvalue weighted by Gasteiger charge is 1.87. The minimum Gasteiger partial charge on any atom is -0.185 e. The standard InChI is InChI=1S/C4H3Br2NS/c5-1-4(6)2-8-3-7/h1H,2H2/b4-1-. The van der Waals surface area contributed by atoms with Crippen LogP contribution in [-0.4, -0.2) is 5.75 Å². The third kappa shape index (κ3) is 4.69. The number of hydrogen-bond acceptors (Lipinski definition) is 2. The number of thioether (sulfide) groups is 1. The fraction of sp³-hybridized carbons (Fsp3) is 0.250. The van der Waals surface area contributed by atoms with Gasteiger partial charge >= 0.3 is 0 Å². The van der Waals surface area contributed by atoms with Gasteiger partial charge in [-0.1, -0.05) is 31.9 Å². The monoisotopic (exact) mass is 255 g/mol. The van der Waals surface area contributed by atoms with E-state index in [0.29, 0.717) is 5.75 Å². The summed E-state index contributed by atoms with van der Waals surface area (Å²) in [5, 5.41) is 10.0. The van der Waals surface area contributed by atoms with Gasteiger partial charge in [-0.15, -0.1) is 0 Å². The third-order valence-corrected chi connectivity index (χ3v) is 3.02. The van der Waals surface area contributed by atoms with Crippen LogP contribution in [0.25, 0.3) is 0 Å². The van der Waals surface area contributed by atoms with Crippen LogP contribution in [0.4, 0.5) is 0 Å². The average Bonchev–Trinajstić information content (AvgIpc) is 1.83. The molecule has 0 N–H and O–H groups in total. The maximum atomic E-state index is 8.06. The van der Waals surface area contributed by atoms with E-state index >= 15 is 0 Å². The molecule has 0 aliphatic heterocycles. The molecule has 0 aromatic rings. The summed E-state index contributed by atoms with van der Waals surface area (Å²) in [4.78, 5) is 1.75. The summed E-state index contributed by atoms with van der Waals surface area (Å²) in [6, 6.07) is 0. The lowest BCUT2D eigenvalue weighted by Crippen LogP contribution is -1.70. The number of rotatable bonds is 2. The maximum Gasteiger partial charge on any atom is 0.133 e. The van der Waals surface area contributed by atoms with Crippen LogP contribution in [0.15, 0.2) is 9.47 Å². The van der Waals surface area contributed by atoms with E-state index in [-0.39, 0.29) is 0 Å². The zero-order valence-electron chi connectivity index (χ0n) is 3.90. The number of nitrogens with zero attached hydrogens (tertiary/aromatic N) is 1. The molecule has 0 spiro atoms. The fourth-order valence-electron chi connectivity index (χ4n) is 0.133. The van der Waals surface area contributed by atoms with Gasteiger partial charge in [0.15, 0.2) is 0 Å². The summed E-state index contributed by atoms with van der Waals surface area (Å²) in [5.74, 6) is 0.710. The SMILES string of the molecule is N#CSC/C(Br)=C/Br. The Hall–Kier alpha value is 0.540. The van der Waals surface area contributed by atoms with Gasteiger partial charge in [0.05, 0.1) is 0 Å². The van der Waals surface area contributed by atoms with Crippen molar-refractivity contribution in [3.05, 3.63) is 9.47 Å². The Kier molecular flexibility index (Phi) is 6.06. The summed E-state index contributed by atoms with van der Waals surface area (Å²) in [6.07, 6.45) is 0. The van der Waals surface area contributed by atoms with E-state index in [9.17, 15) is 0 Å². The molecule has 4 heteroatoms. The smallest absolute Gasteiger partial charge is 0.133 e. The number of hydrogen-bond donors (Lipinski definition) is 0. The molecule has 0 rings (SSSR count).